The van der Waals surface area contributed by atoms with Crippen molar-refractivity contribution in [3.63, 3.8) is 0 Å². The normalized spacial score (nSPS) is 11.4. The van der Waals surface area contributed by atoms with Crippen LogP contribution in [0.1, 0.15) is 76.0 Å². The Labute approximate surface area is 342 Å². The third-order valence-electron chi connectivity index (χ3n) is 10.2. The van der Waals surface area contributed by atoms with Crippen molar-refractivity contribution < 1.29 is 24.5 Å². The molecule has 0 amide bonds. The van der Waals surface area contributed by atoms with E-state index in [2.05, 4.69) is 159 Å². The SMILES string of the molecule is CC(C)c1cc[c-]c(-c2cc(C(C)C)ccn2)c1.CC(C)c1ccnc(-c2[c-]ccc3c2oc2c3ccc3c2nc(-c2ccccc2)n3-c2ccccc2)c1.[Ir]. The summed E-state index contributed by atoms with van der Waals surface area (Å²) in [6.45, 7) is 13.2. The zero-order chi connectivity index (χ0) is 38.1. The van der Waals surface area contributed by atoms with Gasteiger partial charge in [0.15, 0.2) is 0 Å². The molecule has 0 bridgehead atoms. The van der Waals surface area contributed by atoms with Crippen LogP contribution < -0.4 is 0 Å². The van der Waals surface area contributed by atoms with Crippen molar-refractivity contribution >= 4 is 33.0 Å². The van der Waals surface area contributed by atoms with Crippen LogP contribution in [0.25, 0.3) is 72.6 Å². The van der Waals surface area contributed by atoms with Gasteiger partial charge in [-0.05, 0) is 65.5 Å². The first-order valence-corrected chi connectivity index (χ1v) is 19.1. The third kappa shape index (κ3) is 7.60. The molecule has 0 saturated carbocycles. The van der Waals surface area contributed by atoms with Gasteiger partial charge < -0.3 is 14.4 Å². The van der Waals surface area contributed by atoms with Gasteiger partial charge in [-0.15, -0.1) is 53.6 Å². The molecule has 0 aliphatic heterocycles. The maximum absolute atomic E-state index is 6.64. The molecule has 1 radical (unpaired) electrons. The molecule has 0 N–H and O–H groups in total. The molecule has 4 aromatic heterocycles. The largest absolute Gasteiger partial charge is 0.498 e. The van der Waals surface area contributed by atoms with E-state index in [1.54, 1.807) is 0 Å². The maximum Gasteiger partial charge on any atom is 0.148 e. The Bertz CT molecular complexity index is 2700. The third-order valence-corrected chi connectivity index (χ3v) is 10.2. The topological polar surface area (TPSA) is 56.7 Å². The van der Waals surface area contributed by atoms with Crippen LogP contribution in [0.3, 0.4) is 0 Å². The first-order valence-electron chi connectivity index (χ1n) is 19.1. The Morgan fingerprint density at radius 1 is 0.571 bits per heavy atom. The first-order chi connectivity index (χ1) is 26.8. The molecule has 0 atom stereocenters. The van der Waals surface area contributed by atoms with E-state index in [0.717, 1.165) is 72.6 Å². The Morgan fingerprint density at radius 3 is 1.84 bits per heavy atom. The summed E-state index contributed by atoms with van der Waals surface area (Å²) in [6, 6.07) is 50.4. The van der Waals surface area contributed by atoms with E-state index in [9.17, 15) is 0 Å². The van der Waals surface area contributed by atoms with Gasteiger partial charge in [0.25, 0.3) is 0 Å². The first kappa shape index (κ1) is 38.6. The van der Waals surface area contributed by atoms with Crippen molar-refractivity contribution in [3.8, 4) is 39.6 Å². The van der Waals surface area contributed by atoms with E-state index >= 15 is 0 Å². The quantitative estimate of drug-likeness (QED) is 0.150. The monoisotopic (exact) mass is 909 g/mol. The number of para-hydroxylation sites is 1. The van der Waals surface area contributed by atoms with Crippen LogP contribution in [0.5, 0.6) is 0 Å². The van der Waals surface area contributed by atoms with E-state index in [-0.39, 0.29) is 20.1 Å². The minimum Gasteiger partial charge on any atom is -0.498 e. The summed E-state index contributed by atoms with van der Waals surface area (Å²) in [4.78, 5) is 14.3. The summed E-state index contributed by atoms with van der Waals surface area (Å²) < 4.78 is 8.85. The molecule has 5 nitrogen and oxygen atoms in total. The Hall–Kier alpha value is -5.68. The molecule has 9 rings (SSSR count). The van der Waals surface area contributed by atoms with E-state index < -0.39 is 0 Å². The van der Waals surface area contributed by atoms with Crippen molar-refractivity contribution in [2.75, 3.05) is 0 Å². The van der Waals surface area contributed by atoms with E-state index in [1.807, 2.05) is 48.8 Å². The number of hydrogen-bond donors (Lipinski definition) is 0. The molecule has 0 spiro atoms. The van der Waals surface area contributed by atoms with E-state index in [1.165, 1.54) is 16.7 Å². The van der Waals surface area contributed by atoms with Crippen molar-refractivity contribution in [1.82, 2.24) is 19.5 Å². The number of hydrogen-bond acceptors (Lipinski definition) is 4. The molecule has 56 heavy (non-hydrogen) atoms. The second-order valence-corrected chi connectivity index (χ2v) is 14.9. The fourth-order valence-corrected chi connectivity index (χ4v) is 7.04. The fraction of sp³-hybridized carbons (Fsp3) is 0.180. The second kappa shape index (κ2) is 16.6. The Morgan fingerprint density at radius 2 is 1.16 bits per heavy atom. The van der Waals surface area contributed by atoms with Crippen LogP contribution in [0, 0.1) is 12.1 Å². The number of rotatable bonds is 7. The molecule has 281 valence electrons. The predicted molar refractivity (Wildman–Crippen MR) is 227 cm³/mol. The number of fused-ring (bicyclic) bond motifs is 5. The van der Waals surface area contributed by atoms with Crippen molar-refractivity contribution in [2.45, 2.75) is 59.3 Å². The van der Waals surface area contributed by atoms with Gasteiger partial charge in [0.2, 0.25) is 0 Å². The molecule has 6 heteroatoms. The van der Waals surface area contributed by atoms with Gasteiger partial charge in [0.1, 0.15) is 16.9 Å². The Balaban J connectivity index is 0.000000214. The zero-order valence-corrected chi connectivity index (χ0v) is 34.9. The van der Waals surface area contributed by atoms with E-state index in [4.69, 9.17) is 9.40 Å². The maximum atomic E-state index is 6.64. The molecular weight excluding hydrogens is 865 g/mol. The van der Waals surface area contributed by atoms with E-state index in [0.29, 0.717) is 17.8 Å². The second-order valence-electron chi connectivity index (χ2n) is 14.9. The molecule has 9 aromatic rings. The van der Waals surface area contributed by atoms with Gasteiger partial charge in [-0.1, -0.05) is 124 Å². The molecule has 0 fully saturated rings. The van der Waals surface area contributed by atoms with Gasteiger partial charge >= 0.3 is 0 Å². The van der Waals surface area contributed by atoms with Gasteiger partial charge in [0.05, 0.1) is 11.1 Å². The number of imidazole rings is 1. The molecule has 4 heterocycles. The Kier molecular flexibility index (Phi) is 11.4. The summed E-state index contributed by atoms with van der Waals surface area (Å²) >= 11 is 0. The van der Waals surface area contributed by atoms with Crippen LogP contribution in [0.4, 0.5) is 0 Å². The molecule has 5 aromatic carbocycles. The average molecular weight is 909 g/mol. The van der Waals surface area contributed by atoms with Gasteiger partial charge in [-0.2, -0.15) is 0 Å². The van der Waals surface area contributed by atoms with Crippen LogP contribution in [0.2, 0.25) is 0 Å². The predicted octanol–water partition coefficient (Wildman–Crippen LogP) is 13.4. The smallest absolute Gasteiger partial charge is 0.148 e. The van der Waals surface area contributed by atoms with Gasteiger partial charge in [-0.3, -0.25) is 4.57 Å². The minimum atomic E-state index is 0. The average Bonchev–Trinajstić information content (AvgIpc) is 3.81. The number of furan rings is 1. The molecule has 0 saturated heterocycles. The molecular formula is C50H44IrN4O-2. The summed E-state index contributed by atoms with van der Waals surface area (Å²) in [5.41, 5.74) is 13.3. The number of pyridine rings is 2. The van der Waals surface area contributed by atoms with Crippen LogP contribution in [-0.4, -0.2) is 19.5 Å². The van der Waals surface area contributed by atoms with Crippen LogP contribution in [-0.2, 0) is 20.1 Å². The molecule has 0 unspecified atom stereocenters. The van der Waals surface area contributed by atoms with Crippen molar-refractivity contribution in [1.29, 1.82) is 0 Å². The number of nitrogens with zero attached hydrogens (tertiary/aromatic N) is 4. The van der Waals surface area contributed by atoms with Crippen LogP contribution >= 0.6 is 0 Å². The van der Waals surface area contributed by atoms with Crippen LogP contribution in [0.15, 0.2) is 144 Å². The minimum absolute atomic E-state index is 0. The standard InChI is InChI=1S/C33H24N3O.C17H20N.Ir/c1-21(2)23-18-19-34-28(20-23)27-15-9-14-25-26-16-17-29-30(32(26)37-31(25)27)35-33(22-10-5-3-6-11-22)36(29)24-12-7-4-8-13-24;1-12(2)14-6-5-7-16(10-14)17-11-15(13(3)4)8-9-18-17;/h3-14,16-21H,1-2H3;5-6,8-13H,1-4H3;/q2*-1;. The fourth-order valence-electron chi connectivity index (χ4n) is 7.04. The van der Waals surface area contributed by atoms with Gasteiger partial charge in [0, 0.05) is 49.1 Å². The number of aromatic nitrogens is 4. The number of benzene rings is 5. The molecule has 0 aliphatic carbocycles. The molecule has 0 aliphatic rings. The zero-order valence-electron chi connectivity index (χ0n) is 32.5. The van der Waals surface area contributed by atoms with Crippen molar-refractivity contribution in [3.05, 3.63) is 169 Å². The van der Waals surface area contributed by atoms with Gasteiger partial charge in [-0.25, -0.2) is 4.98 Å². The van der Waals surface area contributed by atoms with Crippen molar-refractivity contribution in [2.24, 2.45) is 0 Å². The summed E-state index contributed by atoms with van der Waals surface area (Å²) in [5, 5.41) is 2.08. The summed E-state index contributed by atoms with van der Waals surface area (Å²) in [6.07, 6.45) is 3.76. The summed E-state index contributed by atoms with van der Waals surface area (Å²) in [5.74, 6) is 2.36. The summed E-state index contributed by atoms with van der Waals surface area (Å²) in [7, 11) is 0.